The molecule has 2 rings (SSSR count). The van der Waals surface area contributed by atoms with E-state index in [1.807, 2.05) is 25.1 Å². The Bertz CT molecular complexity index is 466. The van der Waals surface area contributed by atoms with Crippen molar-refractivity contribution in [1.29, 1.82) is 0 Å². The average Bonchev–Trinajstić information content (AvgIpc) is 2.80. The lowest BCUT2D eigenvalue weighted by Crippen LogP contribution is -3.09. The molecule has 0 fully saturated rings. The third kappa shape index (κ3) is 1.94. The monoisotopic (exact) mass is 247 g/mol. The SMILES string of the molecule is CCC1(c2ccc(C(=O)OC)cc2)CC=C[NH+]1[O-]. The molecule has 18 heavy (non-hydrogen) atoms. The molecule has 0 bridgehead atoms. The minimum atomic E-state index is -0.436. The summed E-state index contributed by atoms with van der Waals surface area (Å²) >= 11 is 0. The number of esters is 1. The molecule has 0 amide bonds. The van der Waals surface area contributed by atoms with Gasteiger partial charge in [0.1, 0.15) is 5.54 Å². The Morgan fingerprint density at radius 1 is 1.44 bits per heavy atom. The summed E-state index contributed by atoms with van der Waals surface area (Å²) in [6.07, 6.45) is 5.06. The van der Waals surface area contributed by atoms with Gasteiger partial charge in [-0.1, -0.05) is 19.1 Å². The van der Waals surface area contributed by atoms with E-state index < -0.39 is 5.54 Å². The van der Waals surface area contributed by atoms with Gasteiger partial charge in [0, 0.05) is 18.4 Å². The smallest absolute Gasteiger partial charge is 0.337 e. The van der Waals surface area contributed by atoms with Crippen LogP contribution in [0.1, 0.15) is 35.7 Å². The molecule has 4 nitrogen and oxygen atoms in total. The third-order valence-corrected chi connectivity index (χ3v) is 3.67. The number of benzene rings is 1. The predicted molar refractivity (Wildman–Crippen MR) is 67.8 cm³/mol. The van der Waals surface area contributed by atoms with Gasteiger partial charge in [-0.05, 0) is 18.2 Å². The zero-order valence-electron chi connectivity index (χ0n) is 10.6. The van der Waals surface area contributed by atoms with Crippen LogP contribution < -0.4 is 5.06 Å². The summed E-state index contributed by atoms with van der Waals surface area (Å²) in [7, 11) is 1.36. The van der Waals surface area contributed by atoms with Crippen molar-refractivity contribution in [3.8, 4) is 0 Å². The van der Waals surface area contributed by atoms with Gasteiger partial charge in [-0.2, -0.15) is 0 Å². The molecule has 0 saturated heterocycles. The molecule has 2 unspecified atom stereocenters. The molecular weight excluding hydrogens is 230 g/mol. The minimum absolute atomic E-state index is 0.149. The van der Waals surface area contributed by atoms with E-state index in [-0.39, 0.29) is 11.0 Å². The lowest BCUT2D eigenvalue weighted by atomic mass is 9.85. The van der Waals surface area contributed by atoms with E-state index in [2.05, 4.69) is 4.74 Å². The number of ether oxygens (including phenoxy) is 1. The van der Waals surface area contributed by atoms with E-state index in [9.17, 15) is 10.0 Å². The first-order valence-corrected chi connectivity index (χ1v) is 6.04. The van der Waals surface area contributed by atoms with Crippen LogP contribution in [0, 0.1) is 5.21 Å². The number of hydrogen-bond donors (Lipinski definition) is 1. The van der Waals surface area contributed by atoms with Crippen LogP contribution in [-0.2, 0) is 10.3 Å². The summed E-state index contributed by atoms with van der Waals surface area (Å²) in [6, 6.07) is 7.12. The van der Waals surface area contributed by atoms with Crippen LogP contribution in [-0.4, -0.2) is 13.1 Å². The molecule has 0 aromatic heterocycles. The molecular formula is C14H17NO3. The normalized spacial score (nSPS) is 26.3. The van der Waals surface area contributed by atoms with Crippen molar-refractivity contribution >= 4 is 5.97 Å². The summed E-state index contributed by atoms with van der Waals surface area (Å²) in [6.45, 7) is 2.01. The quantitative estimate of drug-likeness (QED) is 0.648. The van der Waals surface area contributed by atoms with Gasteiger partial charge in [-0.15, -0.1) is 0 Å². The number of hydrogen-bond acceptors (Lipinski definition) is 3. The van der Waals surface area contributed by atoms with Gasteiger partial charge >= 0.3 is 5.97 Å². The van der Waals surface area contributed by atoms with Crippen LogP contribution in [0.3, 0.4) is 0 Å². The molecule has 0 aliphatic carbocycles. The summed E-state index contributed by atoms with van der Waals surface area (Å²) in [5.41, 5.74) is 1.04. The van der Waals surface area contributed by atoms with E-state index in [0.717, 1.165) is 18.4 Å². The first kappa shape index (κ1) is 12.8. The molecule has 1 aliphatic rings. The lowest BCUT2D eigenvalue weighted by molar-refractivity contribution is -0.856. The van der Waals surface area contributed by atoms with Crippen LogP contribution in [0.4, 0.5) is 0 Å². The molecule has 1 heterocycles. The summed E-state index contributed by atoms with van der Waals surface area (Å²) in [5, 5.41) is 12.2. The number of carbonyl (C=O) groups excluding carboxylic acids is 1. The molecule has 1 aromatic rings. The summed E-state index contributed by atoms with van der Waals surface area (Å²) in [4.78, 5) is 11.4. The van der Waals surface area contributed by atoms with Gasteiger partial charge in [-0.25, -0.2) is 4.79 Å². The standard InChI is InChI=1S/C14H17NO3/c1-3-14(9-4-10-15(14)17)12-7-5-11(6-8-12)13(16)18-2/h4-8,10,15H,3,9H2,1-2H3. The minimum Gasteiger partial charge on any atom is -0.629 e. The number of nitrogens with one attached hydrogen (secondary N) is 1. The Morgan fingerprint density at radius 3 is 2.56 bits per heavy atom. The topological polar surface area (TPSA) is 53.8 Å². The lowest BCUT2D eigenvalue weighted by Gasteiger charge is -2.37. The van der Waals surface area contributed by atoms with E-state index in [1.54, 1.807) is 18.3 Å². The number of rotatable bonds is 3. The summed E-state index contributed by atoms with van der Waals surface area (Å²) < 4.78 is 4.66. The van der Waals surface area contributed by atoms with Gasteiger partial charge in [-0.3, -0.25) is 0 Å². The Morgan fingerprint density at radius 2 is 2.11 bits per heavy atom. The van der Waals surface area contributed by atoms with Crippen LogP contribution in [0.2, 0.25) is 0 Å². The Labute approximate surface area is 106 Å². The average molecular weight is 247 g/mol. The Hall–Kier alpha value is -1.65. The van der Waals surface area contributed by atoms with Crippen molar-refractivity contribution in [1.82, 2.24) is 0 Å². The third-order valence-electron chi connectivity index (χ3n) is 3.67. The fraction of sp³-hybridized carbons (Fsp3) is 0.357. The van der Waals surface area contributed by atoms with E-state index >= 15 is 0 Å². The Kier molecular flexibility index (Phi) is 3.50. The zero-order chi connectivity index (χ0) is 13.2. The van der Waals surface area contributed by atoms with Crippen molar-refractivity contribution in [2.45, 2.75) is 25.3 Å². The number of methoxy groups -OCH3 is 1. The maximum Gasteiger partial charge on any atom is 0.337 e. The molecule has 0 saturated carbocycles. The highest BCUT2D eigenvalue weighted by Gasteiger charge is 2.38. The highest BCUT2D eigenvalue weighted by Crippen LogP contribution is 2.28. The van der Waals surface area contributed by atoms with Gasteiger partial charge in [0.05, 0.1) is 18.9 Å². The van der Waals surface area contributed by atoms with Gasteiger partial charge < -0.3 is 15.0 Å². The molecule has 4 heteroatoms. The number of quaternary nitrogens is 1. The highest BCUT2D eigenvalue weighted by atomic mass is 16.5. The second-order valence-electron chi connectivity index (χ2n) is 4.48. The maximum atomic E-state index is 12.0. The van der Waals surface area contributed by atoms with Crippen molar-refractivity contribution in [3.63, 3.8) is 0 Å². The first-order valence-electron chi connectivity index (χ1n) is 6.04. The van der Waals surface area contributed by atoms with E-state index in [1.165, 1.54) is 7.11 Å². The largest absolute Gasteiger partial charge is 0.629 e. The van der Waals surface area contributed by atoms with Gasteiger partial charge in [0.25, 0.3) is 0 Å². The second kappa shape index (κ2) is 4.92. The molecule has 1 aromatic carbocycles. The molecule has 0 spiro atoms. The van der Waals surface area contributed by atoms with Crippen molar-refractivity contribution < 1.29 is 14.6 Å². The predicted octanol–water partition coefficient (Wildman–Crippen LogP) is 1.38. The van der Waals surface area contributed by atoms with Crippen LogP contribution >= 0.6 is 0 Å². The summed E-state index contributed by atoms with van der Waals surface area (Å²) in [5.74, 6) is -0.358. The van der Waals surface area contributed by atoms with Crippen molar-refractivity contribution in [3.05, 3.63) is 52.9 Å². The zero-order valence-corrected chi connectivity index (χ0v) is 10.6. The van der Waals surface area contributed by atoms with Crippen LogP contribution in [0.25, 0.3) is 0 Å². The molecule has 2 atom stereocenters. The molecule has 0 radical (unpaired) electrons. The van der Waals surface area contributed by atoms with Crippen LogP contribution in [0.5, 0.6) is 0 Å². The number of carbonyl (C=O) groups is 1. The highest BCUT2D eigenvalue weighted by molar-refractivity contribution is 5.89. The first-order chi connectivity index (χ1) is 8.64. The molecule has 1 N–H and O–H groups in total. The van der Waals surface area contributed by atoms with Crippen LogP contribution in [0.15, 0.2) is 36.5 Å². The van der Waals surface area contributed by atoms with E-state index in [0.29, 0.717) is 5.56 Å². The van der Waals surface area contributed by atoms with Crippen molar-refractivity contribution in [2.24, 2.45) is 0 Å². The fourth-order valence-corrected chi connectivity index (χ4v) is 2.45. The number of hydroxylamine groups is 2. The van der Waals surface area contributed by atoms with Gasteiger partial charge in [0.15, 0.2) is 0 Å². The molecule has 1 aliphatic heterocycles. The fourth-order valence-electron chi connectivity index (χ4n) is 2.45. The second-order valence-corrected chi connectivity index (χ2v) is 4.48. The van der Waals surface area contributed by atoms with Crippen molar-refractivity contribution in [2.75, 3.05) is 7.11 Å². The van der Waals surface area contributed by atoms with E-state index in [4.69, 9.17) is 0 Å². The maximum absolute atomic E-state index is 12.0. The van der Waals surface area contributed by atoms with Gasteiger partial charge in [0.2, 0.25) is 0 Å². The Balaban J connectivity index is 2.31. The molecule has 96 valence electrons.